The molecule has 124 valence electrons. The summed E-state index contributed by atoms with van der Waals surface area (Å²) in [6.45, 7) is 4.56. The summed E-state index contributed by atoms with van der Waals surface area (Å²) >= 11 is 0. The maximum Gasteiger partial charge on any atom is 0.211 e. The maximum atomic E-state index is 5.77. The van der Waals surface area contributed by atoms with Gasteiger partial charge in [-0.3, -0.25) is 4.90 Å². The van der Waals surface area contributed by atoms with Crippen molar-refractivity contribution in [2.45, 2.75) is 6.54 Å². The van der Waals surface area contributed by atoms with E-state index in [0.717, 1.165) is 55.6 Å². The van der Waals surface area contributed by atoms with Crippen molar-refractivity contribution in [2.24, 2.45) is 0 Å². The van der Waals surface area contributed by atoms with Crippen LogP contribution in [0, 0.1) is 0 Å². The topological polar surface area (TPSA) is 54.6 Å². The van der Waals surface area contributed by atoms with Crippen LogP contribution in [0.25, 0.3) is 11.2 Å². The Balaban J connectivity index is 1.41. The third-order valence-corrected chi connectivity index (χ3v) is 4.37. The Morgan fingerprint density at radius 2 is 1.92 bits per heavy atom. The van der Waals surface area contributed by atoms with Gasteiger partial charge in [-0.25, -0.2) is 4.98 Å². The van der Waals surface area contributed by atoms with Gasteiger partial charge in [0, 0.05) is 32.4 Å². The number of oxazole rings is 1. The Hall–Kier alpha value is -2.60. The number of rotatable bonds is 4. The zero-order valence-corrected chi connectivity index (χ0v) is 13.7. The molecule has 4 rings (SSSR count). The van der Waals surface area contributed by atoms with Crippen molar-refractivity contribution in [3.05, 3.63) is 48.5 Å². The molecule has 0 N–H and O–H groups in total. The first-order valence-electron chi connectivity index (χ1n) is 8.14. The summed E-state index contributed by atoms with van der Waals surface area (Å²) in [4.78, 5) is 13.4. The van der Waals surface area contributed by atoms with Crippen LogP contribution in [0.4, 0.5) is 5.69 Å². The molecule has 0 spiro atoms. The smallest absolute Gasteiger partial charge is 0.211 e. The normalized spacial score (nSPS) is 15.8. The van der Waals surface area contributed by atoms with E-state index in [1.54, 1.807) is 13.3 Å². The highest BCUT2D eigenvalue weighted by atomic mass is 16.5. The number of benzene rings is 1. The predicted octanol–water partition coefficient (Wildman–Crippen LogP) is 2.55. The lowest BCUT2D eigenvalue weighted by Crippen LogP contribution is -2.46. The Labute approximate surface area is 140 Å². The van der Waals surface area contributed by atoms with Crippen molar-refractivity contribution in [1.29, 1.82) is 0 Å². The number of para-hydroxylation sites is 2. The quantitative estimate of drug-likeness (QED) is 0.735. The molecule has 0 saturated carbocycles. The summed E-state index contributed by atoms with van der Waals surface area (Å²) in [6, 6.07) is 11.9. The van der Waals surface area contributed by atoms with Gasteiger partial charge in [0.25, 0.3) is 0 Å². The molecule has 0 unspecified atom stereocenters. The zero-order chi connectivity index (χ0) is 16.4. The molecule has 3 aromatic rings. The van der Waals surface area contributed by atoms with Crippen LogP contribution < -0.4 is 9.64 Å². The average molecular weight is 324 g/mol. The highest BCUT2D eigenvalue weighted by Crippen LogP contribution is 2.28. The van der Waals surface area contributed by atoms with Crippen LogP contribution in [0.2, 0.25) is 0 Å². The van der Waals surface area contributed by atoms with Gasteiger partial charge in [-0.2, -0.15) is 4.98 Å². The molecule has 0 bridgehead atoms. The first-order chi connectivity index (χ1) is 11.8. The largest absolute Gasteiger partial charge is 0.495 e. The molecule has 1 fully saturated rings. The molecular formula is C18H20N4O2. The molecule has 1 saturated heterocycles. The van der Waals surface area contributed by atoms with E-state index in [-0.39, 0.29) is 0 Å². The Kier molecular flexibility index (Phi) is 4.04. The van der Waals surface area contributed by atoms with E-state index in [1.807, 2.05) is 24.3 Å². The van der Waals surface area contributed by atoms with Gasteiger partial charge in [0.15, 0.2) is 11.2 Å². The average Bonchev–Trinajstić information content (AvgIpc) is 3.04. The van der Waals surface area contributed by atoms with Gasteiger partial charge in [0.1, 0.15) is 5.75 Å². The van der Waals surface area contributed by atoms with Gasteiger partial charge < -0.3 is 14.1 Å². The third kappa shape index (κ3) is 2.92. The summed E-state index contributed by atoms with van der Waals surface area (Å²) < 4.78 is 11.2. The van der Waals surface area contributed by atoms with Crippen LogP contribution >= 0.6 is 0 Å². The fourth-order valence-electron chi connectivity index (χ4n) is 3.11. The molecule has 1 aliphatic heterocycles. The Morgan fingerprint density at radius 3 is 2.71 bits per heavy atom. The van der Waals surface area contributed by atoms with Crippen molar-refractivity contribution in [3.8, 4) is 5.75 Å². The van der Waals surface area contributed by atoms with E-state index >= 15 is 0 Å². The number of ether oxygens (including phenoxy) is 1. The minimum atomic E-state index is 0.681. The number of hydrogen-bond donors (Lipinski definition) is 0. The minimum absolute atomic E-state index is 0.681. The summed E-state index contributed by atoms with van der Waals surface area (Å²) in [5, 5.41) is 0. The number of hydrogen-bond acceptors (Lipinski definition) is 6. The van der Waals surface area contributed by atoms with E-state index in [2.05, 4.69) is 31.9 Å². The zero-order valence-electron chi connectivity index (χ0n) is 13.7. The SMILES string of the molecule is COc1ccccc1N1CCN(Cc2nc3ncccc3o2)CC1. The van der Waals surface area contributed by atoms with Crippen LogP contribution in [-0.2, 0) is 6.54 Å². The van der Waals surface area contributed by atoms with Crippen LogP contribution in [0.5, 0.6) is 5.75 Å². The highest BCUT2D eigenvalue weighted by molar-refractivity contribution is 5.66. The number of anilines is 1. The Morgan fingerprint density at radius 1 is 1.08 bits per heavy atom. The number of methoxy groups -OCH3 is 1. The van der Waals surface area contributed by atoms with Crippen LogP contribution in [0.15, 0.2) is 47.0 Å². The summed E-state index contributed by atoms with van der Waals surface area (Å²) in [5.74, 6) is 1.66. The van der Waals surface area contributed by atoms with Crippen LogP contribution in [0.1, 0.15) is 5.89 Å². The van der Waals surface area contributed by atoms with E-state index in [1.165, 1.54) is 0 Å². The van der Waals surface area contributed by atoms with Gasteiger partial charge in [0.2, 0.25) is 5.89 Å². The first-order valence-corrected chi connectivity index (χ1v) is 8.14. The molecule has 2 aromatic heterocycles. The summed E-state index contributed by atoms with van der Waals surface area (Å²) in [5.41, 5.74) is 2.59. The highest BCUT2D eigenvalue weighted by Gasteiger charge is 2.21. The first kappa shape index (κ1) is 15.0. The molecule has 0 aliphatic carbocycles. The molecule has 6 heteroatoms. The van der Waals surface area contributed by atoms with Crippen molar-refractivity contribution in [1.82, 2.24) is 14.9 Å². The summed E-state index contributed by atoms with van der Waals surface area (Å²) in [7, 11) is 1.72. The van der Waals surface area contributed by atoms with E-state index in [0.29, 0.717) is 5.65 Å². The van der Waals surface area contributed by atoms with Crippen molar-refractivity contribution < 1.29 is 9.15 Å². The second kappa shape index (κ2) is 6.49. The van der Waals surface area contributed by atoms with Gasteiger partial charge >= 0.3 is 0 Å². The molecular weight excluding hydrogens is 304 g/mol. The van der Waals surface area contributed by atoms with Gasteiger partial charge in [-0.15, -0.1) is 0 Å². The standard InChI is InChI=1S/C18H20N4O2/c1-23-15-6-3-2-5-14(15)22-11-9-21(10-12-22)13-17-20-18-16(24-17)7-4-8-19-18/h2-8H,9-13H2,1H3. The lowest BCUT2D eigenvalue weighted by atomic mass is 10.2. The van der Waals surface area contributed by atoms with E-state index in [9.17, 15) is 0 Å². The lowest BCUT2D eigenvalue weighted by Gasteiger charge is -2.36. The number of nitrogens with zero attached hydrogens (tertiary/aromatic N) is 4. The number of pyridine rings is 1. The van der Waals surface area contributed by atoms with Crippen molar-refractivity contribution >= 4 is 16.9 Å². The molecule has 0 atom stereocenters. The molecule has 3 heterocycles. The number of piperazine rings is 1. The van der Waals surface area contributed by atoms with Gasteiger partial charge in [-0.05, 0) is 24.3 Å². The molecule has 0 amide bonds. The molecule has 6 nitrogen and oxygen atoms in total. The predicted molar refractivity (Wildman–Crippen MR) is 92.3 cm³/mol. The maximum absolute atomic E-state index is 5.77. The van der Waals surface area contributed by atoms with Gasteiger partial charge in [-0.1, -0.05) is 12.1 Å². The fourth-order valence-corrected chi connectivity index (χ4v) is 3.11. The van der Waals surface area contributed by atoms with E-state index < -0.39 is 0 Å². The molecule has 1 aliphatic rings. The Bertz CT molecular complexity index is 792. The van der Waals surface area contributed by atoms with Crippen LogP contribution in [0.3, 0.4) is 0 Å². The number of fused-ring (bicyclic) bond motifs is 1. The molecule has 0 radical (unpaired) electrons. The third-order valence-electron chi connectivity index (χ3n) is 4.37. The number of aromatic nitrogens is 2. The van der Waals surface area contributed by atoms with Crippen molar-refractivity contribution in [2.75, 3.05) is 38.2 Å². The lowest BCUT2D eigenvalue weighted by molar-refractivity contribution is 0.228. The monoisotopic (exact) mass is 324 g/mol. The summed E-state index contributed by atoms with van der Waals surface area (Å²) in [6.07, 6.45) is 1.74. The van der Waals surface area contributed by atoms with Crippen LogP contribution in [-0.4, -0.2) is 48.2 Å². The second-order valence-electron chi connectivity index (χ2n) is 5.87. The molecule has 24 heavy (non-hydrogen) atoms. The van der Waals surface area contributed by atoms with Gasteiger partial charge in [0.05, 0.1) is 19.3 Å². The van der Waals surface area contributed by atoms with E-state index in [4.69, 9.17) is 9.15 Å². The minimum Gasteiger partial charge on any atom is -0.495 e. The second-order valence-corrected chi connectivity index (χ2v) is 5.87. The fraction of sp³-hybridized carbons (Fsp3) is 0.333. The molecule has 1 aromatic carbocycles. The van der Waals surface area contributed by atoms with Crippen molar-refractivity contribution in [3.63, 3.8) is 0 Å².